The standard InChI is InChI=1S/C22H16Cl3NO4/c1-30-20-7-3-12(17-9-13(22(28)29)2-6-18(17)24)8-14(20)11-26-21(27)16-5-4-15(23)10-19(16)25/h2-10H,11H2,1H3,(H,26,27)(H,28,29). The van der Waals surface area contributed by atoms with Gasteiger partial charge in [-0.25, -0.2) is 4.79 Å². The molecule has 154 valence electrons. The van der Waals surface area contributed by atoms with Gasteiger partial charge >= 0.3 is 5.97 Å². The molecule has 0 aliphatic rings. The lowest BCUT2D eigenvalue weighted by molar-refractivity contribution is 0.0696. The molecule has 0 radical (unpaired) electrons. The van der Waals surface area contributed by atoms with Crippen LogP contribution in [0.15, 0.2) is 54.6 Å². The second-order valence-corrected chi connectivity index (χ2v) is 7.58. The summed E-state index contributed by atoms with van der Waals surface area (Å²) in [5.41, 5.74) is 2.36. The topological polar surface area (TPSA) is 75.6 Å². The lowest BCUT2D eigenvalue weighted by atomic mass is 10.00. The van der Waals surface area contributed by atoms with Crippen molar-refractivity contribution in [1.29, 1.82) is 0 Å². The third kappa shape index (κ3) is 4.87. The van der Waals surface area contributed by atoms with Crippen LogP contribution < -0.4 is 10.1 Å². The maximum atomic E-state index is 12.5. The van der Waals surface area contributed by atoms with Gasteiger partial charge < -0.3 is 15.2 Å². The maximum absolute atomic E-state index is 12.5. The van der Waals surface area contributed by atoms with Crippen LogP contribution in [0, 0.1) is 0 Å². The van der Waals surface area contributed by atoms with E-state index in [0.29, 0.717) is 38.0 Å². The number of nitrogens with one attached hydrogen (secondary N) is 1. The van der Waals surface area contributed by atoms with Gasteiger partial charge in [0.2, 0.25) is 0 Å². The summed E-state index contributed by atoms with van der Waals surface area (Å²) in [6, 6.07) is 14.4. The molecule has 3 aromatic rings. The van der Waals surface area contributed by atoms with Crippen LogP contribution in [-0.2, 0) is 6.54 Å². The lowest BCUT2D eigenvalue weighted by Crippen LogP contribution is -2.23. The Labute approximate surface area is 188 Å². The number of ether oxygens (including phenoxy) is 1. The molecule has 30 heavy (non-hydrogen) atoms. The predicted molar refractivity (Wildman–Crippen MR) is 118 cm³/mol. The van der Waals surface area contributed by atoms with E-state index in [9.17, 15) is 14.7 Å². The third-order valence-electron chi connectivity index (χ3n) is 4.42. The highest BCUT2D eigenvalue weighted by Gasteiger charge is 2.14. The highest BCUT2D eigenvalue weighted by Crippen LogP contribution is 2.32. The minimum atomic E-state index is -1.05. The van der Waals surface area contributed by atoms with Crippen molar-refractivity contribution < 1.29 is 19.4 Å². The number of aromatic carboxylic acids is 1. The monoisotopic (exact) mass is 463 g/mol. The molecule has 0 saturated carbocycles. The van der Waals surface area contributed by atoms with Crippen LogP contribution in [0.5, 0.6) is 5.75 Å². The Bertz CT molecular complexity index is 1130. The number of carbonyl (C=O) groups is 2. The van der Waals surface area contributed by atoms with Crippen molar-refractivity contribution in [1.82, 2.24) is 5.32 Å². The number of carboxylic acids is 1. The highest BCUT2D eigenvalue weighted by molar-refractivity contribution is 6.36. The van der Waals surface area contributed by atoms with Crippen LogP contribution in [0.2, 0.25) is 15.1 Å². The van der Waals surface area contributed by atoms with Gasteiger partial charge in [-0.2, -0.15) is 0 Å². The fourth-order valence-corrected chi connectivity index (χ4v) is 3.63. The molecule has 3 rings (SSSR count). The molecule has 0 aromatic heterocycles. The predicted octanol–water partition coefficient (Wildman–Crippen LogP) is 5.95. The van der Waals surface area contributed by atoms with Crippen molar-refractivity contribution in [3.8, 4) is 16.9 Å². The average Bonchev–Trinajstić information content (AvgIpc) is 2.72. The summed E-state index contributed by atoms with van der Waals surface area (Å²) in [6.45, 7) is 0.158. The Balaban J connectivity index is 1.89. The Hall–Kier alpha value is -2.73. The number of carboxylic acid groups (broad SMARTS) is 1. The quantitative estimate of drug-likeness (QED) is 0.472. The fourth-order valence-electron chi connectivity index (χ4n) is 2.91. The summed E-state index contributed by atoms with van der Waals surface area (Å²) in [4.78, 5) is 23.8. The minimum Gasteiger partial charge on any atom is -0.496 e. The van der Waals surface area contributed by atoms with Crippen LogP contribution in [-0.4, -0.2) is 24.1 Å². The van der Waals surface area contributed by atoms with Crippen molar-refractivity contribution >= 4 is 46.7 Å². The van der Waals surface area contributed by atoms with Crippen molar-refractivity contribution in [2.24, 2.45) is 0 Å². The molecular weight excluding hydrogens is 449 g/mol. The zero-order chi connectivity index (χ0) is 21.8. The normalized spacial score (nSPS) is 10.5. The Kier molecular flexibility index (Phi) is 6.87. The second-order valence-electron chi connectivity index (χ2n) is 6.33. The molecule has 1 amide bonds. The van der Waals surface area contributed by atoms with Crippen molar-refractivity contribution in [2.45, 2.75) is 6.54 Å². The summed E-state index contributed by atoms with van der Waals surface area (Å²) in [7, 11) is 1.52. The SMILES string of the molecule is COc1ccc(-c2cc(C(=O)O)ccc2Cl)cc1CNC(=O)c1ccc(Cl)cc1Cl. The zero-order valence-corrected chi connectivity index (χ0v) is 18.0. The van der Waals surface area contributed by atoms with Crippen LogP contribution in [0.1, 0.15) is 26.3 Å². The molecule has 0 unspecified atom stereocenters. The van der Waals surface area contributed by atoms with E-state index in [2.05, 4.69) is 5.32 Å². The largest absolute Gasteiger partial charge is 0.496 e. The molecule has 3 aromatic carbocycles. The van der Waals surface area contributed by atoms with Gasteiger partial charge in [0.15, 0.2) is 0 Å². The van der Waals surface area contributed by atoms with Crippen molar-refractivity contribution in [3.63, 3.8) is 0 Å². The van der Waals surface area contributed by atoms with Gasteiger partial charge in [0, 0.05) is 27.7 Å². The summed E-state index contributed by atoms with van der Waals surface area (Å²) in [5.74, 6) is -0.851. The molecule has 0 bridgehead atoms. The number of hydrogen-bond donors (Lipinski definition) is 2. The fraction of sp³-hybridized carbons (Fsp3) is 0.0909. The van der Waals surface area contributed by atoms with E-state index < -0.39 is 5.97 Å². The molecule has 0 aliphatic carbocycles. The molecule has 0 aliphatic heterocycles. The summed E-state index contributed by atoms with van der Waals surface area (Å²) >= 11 is 18.2. The molecule has 0 heterocycles. The number of rotatable bonds is 6. The van der Waals surface area contributed by atoms with Gasteiger partial charge in [-0.1, -0.05) is 40.9 Å². The molecule has 5 nitrogen and oxygen atoms in total. The first kappa shape index (κ1) is 22.0. The number of benzene rings is 3. The number of halogens is 3. The summed E-state index contributed by atoms with van der Waals surface area (Å²) in [5, 5.41) is 13.1. The number of carbonyl (C=O) groups excluding carboxylic acids is 1. The van der Waals surface area contributed by atoms with E-state index in [1.54, 1.807) is 30.3 Å². The van der Waals surface area contributed by atoms with Crippen molar-refractivity contribution in [2.75, 3.05) is 7.11 Å². The molecular formula is C22H16Cl3NO4. The lowest BCUT2D eigenvalue weighted by Gasteiger charge is -2.14. The Morgan fingerprint density at radius 3 is 2.40 bits per heavy atom. The van der Waals surface area contributed by atoms with Crippen LogP contribution in [0.3, 0.4) is 0 Å². The van der Waals surface area contributed by atoms with E-state index in [1.165, 1.54) is 31.4 Å². The molecule has 0 fully saturated rings. The summed E-state index contributed by atoms with van der Waals surface area (Å²) in [6.07, 6.45) is 0. The van der Waals surface area contributed by atoms with Crippen LogP contribution >= 0.6 is 34.8 Å². The number of methoxy groups -OCH3 is 1. The van der Waals surface area contributed by atoms with E-state index in [1.807, 2.05) is 0 Å². The van der Waals surface area contributed by atoms with E-state index in [-0.39, 0.29) is 23.0 Å². The Morgan fingerprint density at radius 2 is 1.73 bits per heavy atom. The van der Waals surface area contributed by atoms with E-state index in [0.717, 1.165) is 0 Å². The number of amides is 1. The molecule has 8 heteroatoms. The second kappa shape index (κ2) is 9.39. The first-order valence-electron chi connectivity index (χ1n) is 8.73. The first-order chi connectivity index (χ1) is 14.3. The molecule has 0 spiro atoms. The van der Waals surface area contributed by atoms with Gasteiger partial charge in [-0.3, -0.25) is 4.79 Å². The molecule has 2 N–H and O–H groups in total. The van der Waals surface area contributed by atoms with Gasteiger partial charge in [-0.05, 0) is 54.1 Å². The van der Waals surface area contributed by atoms with Crippen LogP contribution in [0.25, 0.3) is 11.1 Å². The average molecular weight is 465 g/mol. The van der Waals surface area contributed by atoms with Gasteiger partial charge in [0.05, 0.1) is 23.3 Å². The molecule has 0 atom stereocenters. The molecule has 0 saturated heterocycles. The smallest absolute Gasteiger partial charge is 0.335 e. The van der Waals surface area contributed by atoms with Crippen LogP contribution in [0.4, 0.5) is 0 Å². The summed E-state index contributed by atoms with van der Waals surface area (Å²) < 4.78 is 5.38. The zero-order valence-electron chi connectivity index (χ0n) is 15.7. The van der Waals surface area contributed by atoms with Gasteiger partial charge in [0.25, 0.3) is 5.91 Å². The van der Waals surface area contributed by atoms with E-state index in [4.69, 9.17) is 39.5 Å². The van der Waals surface area contributed by atoms with Gasteiger partial charge in [-0.15, -0.1) is 0 Å². The highest BCUT2D eigenvalue weighted by atomic mass is 35.5. The maximum Gasteiger partial charge on any atom is 0.335 e. The first-order valence-corrected chi connectivity index (χ1v) is 9.87. The number of hydrogen-bond acceptors (Lipinski definition) is 3. The Morgan fingerprint density at radius 1 is 0.967 bits per heavy atom. The minimum absolute atomic E-state index is 0.123. The van der Waals surface area contributed by atoms with Crippen molar-refractivity contribution in [3.05, 3.63) is 86.4 Å². The van der Waals surface area contributed by atoms with E-state index >= 15 is 0 Å². The third-order valence-corrected chi connectivity index (χ3v) is 5.30. The van der Waals surface area contributed by atoms with Gasteiger partial charge in [0.1, 0.15) is 5.75 Å².